The summed E-state index contributed by atoms with van der Waals surface area (Å²) in [4.78, 5) is 36.4. The fourth-order valence-electron chi connectivity index (χ4n) is 2.72. The minimum atomic E-state index is -0.653. The van der Waals surface area contributed by atoms with E-state index in [1.165, 1.54) is 12.1 Å². The number of halogens is 1. The Balaban J connectivity index is 1.84. The minimum absolute atomic E-state index is 0.0387. The Morgan fingerprint density at radius 3 is 2.72 bits per heavy atom. The maximum Gasteiger partial charge on any atom is 0.283 e. The normalized spacial score (nSPS) is 13.8. The third kappa shape index (κ3) is 3.61. The molecule has 8 heteroatoms. The van der Waals surface area contributed by atoms with Crippen LogP contribution in [0, 0.1) is 10.1 Å². The molecule has 1 aliphatic rings. The van der Waals surface area contributed by atoms with Gasteiger partial charge < -0.3 is 10.2 Å². The average molecular weight is 360 g/mol. The van der Waals surface area contributed by atoms with Crippen LogP contribution in [0.1, 0.15) is 23.2 Å². The number of nitro groups is 1. The molecule has 0 bridgehead atoms. The third-order valence-electron chi connectivity index (χ3n) is 3.89. The first-order valence-corrected chi connectivity index (χ1v) is 7.99. The number of benzene rings is 2. The van der Waals surface area contributed by atoms with Gasteiger partial charge in [-0.2, -0.15) is 0 Å². The molecular formula is C17H14ClN3O4. The van der Waals surface area contributed by atoms with Gasteiger partial charge in [-0.1, -0.05) is 17.7 Å². The summed E-state index contributed by atoms with van der Waals surface area (Å²) in [6, 6.07) is 10.7. The van der Waals surface area contributed by atoms with Crippen LogP contribution in [0.2, 0.25) is 5.02 Å². The van der Waals surface area contributed by atoms with Crippen molar-refractivity contribution < 1.29 is 14.5 Å². The summed E-state index contributed by atoms with van der Waals surface area (Å²) in [5.74, 6) is -0.579. The Morgan fingerprint density at radius 2 is 2.04 bits per heavy atom. The summed E-state index contributed by atoms with van der Waals surface area (Å²) < 4.78 is 0. The smallest absolute Gasteiger partial charge is 0.283 e. The van der Waals surface area contributed by atoms with Crippen molar-refractivity contribution in [3.05, 3.63) is 63.2 Å². The molecule has 0 spiro atoms. The van der Waals surface area contributed by atoms with Crippen LogP contribution in [0.3, 0.4) is 0 Å². The molecule has 2 amide bonds. The molecule has 3 rings (SSSR count). The molecule has 2 aromatic carbocycles. The second kappa shape index (κ2) is 6.90. The van der Waals surface area contributed by atoms with E-state index in [0.29, 0.717) is 24.3 Å². The summed E-state index contributed by atoms with van der Waals surface area (Å²) in [6.07, 6.45) is 1.31. The van der Waals surface area contributed by atoms with Crippen LogP contribution in [0.25, 0.3) is 0 Å². The molecule has 0 saturated carbocycles. The Hall–Kier alpha value is -2.93. The van der Waals surface area contributed by atoms with Crippen molar-refractivity contribution in [3.8, 4) is 0 Å². The number of nitrogens with one attached hydrogen (secondary N) is 1. The number of carbonyl (C=O) groups excluding carboxylic acids is 2. The highest BCUT2D eigenvalue weighted by atomic mass is 35.5. The molecule has 1 fully saturated rings. The standard InChI is InChI=1S/C17H14ClN3O4/c18-11-6-7-14(15(9-11)21(24)25)17(23)19-12-3-1-4-13(10-12)20-8-2-5-16(20)22/h1,3-4,6-7,9-10H,2,5,8H2,(H,19,23). The minimum Gasteiger partial charge on any atom is -0.322 e. The zero-order valence-electron chi connectivity index (χ0n) is 13.1. The van der Waals surface area contributed by atoms with Crippen molar-refractivity contribution in [2.45, 2.75) is 12.8 Å². The van der Waals surface area contributed by atoms with E-state index in [1.54, 1.807) is 29.2 Å². The molecule has 1 saturated heterocycles. The lowest BCUT2D eigenvalue weighted by Crippen LogP contribution is -2.23. The zero-order chi connectivity index (χ0) is 18.0. The van der Waals surface area contributed by atoms with Gasteiger partial charge in [0.2, 0.25) is 5.91 Å². The lowest BCUT2D eigenvalue weighted by atomic mass is 10.1. The first-order chi connectivity index (χ1) is 12.0. The number of amides is 2. The SMILES string of the molecule is O=C(Nc1cccc(N2CCCC2=O)c1)c1ccc(Cl)cc1[N+](=O)[O-]. The van der Waals surface area contributed by atoms with Gasteiger partial charge in [-0.25, -0.2) is 0 Å². The van der Waals surface area contributed by atoms with E-state index in [1.807, 2.05) is 0 Å². The van der Waals surface area contributed by atoms with Crippen molar-refractivity contribution >= 4 is 40.5 Å². The molecule has 1 heterocycles. The highest BCUT2D eigenvalue weighted by Crippen LogP contribution is 2.27. The molecule has 25 heavy (non-hydrogen) atoms. The van der Waals surface area contributed by atoms with E-state index in [9.17, 15) is 19.7 Å². The van der Waals surface area contributed by atoms with Gasteiger partial charge in [0.1, 0.15) is 5.56 Å². The van der Waals surface area contributed by atoms with E-state index in [0.717, 1.165) is 12.5 Å². The molecule has 0 radical (unpaired) electrons. The molecular weight excluding hydrogens is 346 g/mol. The van der Waals surface area contributed by atoms with E-state index in [-0.39, 0.29) is 22.2 Å². The Bertz CT molecular complexity index is 869. The van der Waals surface area contributed by atoms with Gasteiger partial charge >= 0.3 is 0 Å². The first-order valence-electron chi connectivity index (χ1n) is 7.61. The molecule has 7 nitrogen and oxygen atoms in total. The number of hydrogen-bond acceptors (Lipinski definition) is 4. The average Bonchev–Trinajstić information content (AvgIpc) is 3.01. The second-order valence-corrected chi connectivity index (χ2v) is 6.01. The monoisotopic (exact) mass is 359 g/mol. The highest BCUT2D eigenvalue weighted by molar-refractivity contribution is 6.31. The van der Waals surface area contributed by atoms with Crippen LogP contribution in [0.4, 0.5) is 17.1 Å². The number of rotatable bonds is 4. The van der Waals surface area contributed by atoms with Gasteiger partial charge in [0.25, 0.3) is 11.6 Å². The van der Waals surface area contributed by atoms with Crippen LogP contribution >= 0.6 is 11.6 Å². The second-order valence-electron chi connectivity index (χ2n) is 5.57. The number of carbonyl (C=O) groups is 2. The lowest BCUT2D eigenvalue weighted by Gasteiger charge is -2.16. The molecule has 0 aliphatic carbocycles. The molecule has 2 aromatic rings. The third-order valence-corrected chi connectivity index (χ3v) is 4.13. The Labute approximate surface area is 148 Å². The maximum absolute atomic E-state index is 12.4. The topological polar surface area (TPSA) is 92.6 Å². The van der Waals surface area contributed by atoms with Crippen molar-refractivity contribution in [1.82, 2.24) is 0 Å². The van der Waals surface area contributed by atoms with Crippen LogP contribution < -0.4 is 10.2 Å². The fraction of sp³-hybridized carbons (Fsp3) is 0.176. The molecule has 0 atom stereocenters. The van der Waals surface area contributed by atoms with Crippen LogP contribution in [-0.4, -0.2) is 23.3 Å². The molecule has 0 unspecified atom stereocenters. The van der Waals surface area contributed by atoms with Gasteiger partial charge in [0, 0.05) is 35.4 Å². The summed E-state index contributed by atoms with van der Waals surface area (Å²) >= 11 is 5.76. The van der Waals surface area contributed by atoms with E-state index >= 15 is 0 Å². The van der Waals surface area contributed by atoms with E-state index < -0.39 is 10.8 Å². The predicted molar refractivity (Wildman–Crippen MR) is 94.1 cm³/mol. The van der Waals surface area contributed by atoms with E-state index in [2.05, 4.69) is 5.32 Å². The molecule has 1 aliphatic heterocycles. The fourth-order valence-corrected chi connectivity index (χ4v) is 2.89. The summed E-state index contributed by atoms with van der Waals surface area (Å²) in [7, 11) is 0. The summed E-state index contributed by atoms with van der Waals surface area (Å²) in [6.45, 7) is 0.638. The quantitative estimate of drug-likeness (QED) is 0.666. The van der Waals surface area contributed by atoms with Crippen LogP contribution in [0.15, 0.2) is 42.5 Å². The first kappa shape index (κ1) is 16.9. The number of nitrogens with zero attached hydrogens (tertiary/aromatic N) is 2. The Kier molecular flexibility index (Phi) is 4.67. The van der Waals surface area contributed by atoms with Crippen LogP contribution in [-0.2, 0) is 4.79 Å². The molecule has 128 valence electrons. The highest BCUT2D eigenvalue weighted by Gasteiger charge is 2.23. The van der Waals surface area contributed by atoms with Crippen molar-refractivity contribution in [2.24, 2.45) is 0 Å². The number of nitro benzene ring substituents is 1. The number of anilines is 2. The summed E-state index contributed by atoms with van der Waals surface area (Å²) in [5, 5.41) is 13.9. The van der Waals surface area contributed by atoms with Gasteiger partial charge in [-0.15, -0.1) is 0 Å². The Morgan fingerprint density at radius 1 is 1.24 bits per heavy atom. The van der Waals surface area contributed by atoms with Gasteiger partial charge in [0.05, 0.1) is 4.92 Å². The van der Waals surface area contributed by atoms with Crippen molar-refractivity contribution in [2.75, 3.05) is 16.8 Å². The van der Waals surface area contributed by atoms with E-state index in [4.69, 9.17) is 11.6 Å². The van der Waals surface area contributed by atoms with Crippen molar-refractivity contribution in [3.63, 3.8) is 0 Å². The molecule has 0 aromatic heterocycles. The van der Waals surface area contributed by atoms with Gasteiger partial charge in [-0.3, -0.25) is 19.7 Å². The van der Waals surface area contributed by atoms with Crippen LogP contribution in [0.5, 0.6) is 0 Å². The maximum atomic E-state index is 12.4. The number of hydrogen-bond donors (Lipinski definition) is 1. The lowest BCUT2D eigenvalue weighted by molar-refractivity contribution is -0.385. The zero-order valence-corrected chi connectivity index (χ0v) is 13.8. The molecule has 1 N–H and O–H groups in total. The predicted octanol–water partition coefficient (Wildman–Crippen LogP) is 3.63. The van der Waals surface area contributed by atoms with Gasteiger partial charge in [0.15, 0.2) is 0 Å². The van der Waals surface area contributed by atoms with Gasteiger partial charge in [-0.05, 0) is 36.8 Å². The largest absolute Gasteiger partial charge is 0.322 e. The van der Waals surface area contributed by atoms with Crippen molar-refractivity contribution in [1.29, 1.82) is 0 Å². The summed E-state index contributed by atoms with van der Waals surface area (Å²) in [5.41, 5.74) is 0.685.